The van der Waals surface area contributed by atoms with Crippen LogP contribution >= 0.6 is 0 Å². The summed E-state index contributed by atoms with van der Waals surface area (Å²) in [6.07, 6.45) is 4.02. The first kappa shape index (κ1) is 14.4. The molecule has 0 spiro atoms. The van der Waals surface area contributed by atoms with Crippen LogP contribution in [0.5, 0.6) is 11.5 Å². The SMILES string of the molecule is COc1cc([C@@H]2OC[C@]3(CO)CC=C(C)[C@H]2C3)ccc1O. The first-order chi connectivity index (χ1) is 10.1. The van der Waals surface area contributed by atoms with E-state index >= 15 is 0 Å². The number of fused-ring (bicyclic) bond motifs is 2. The number of methoxy groups -OCH3 is 1. The quantitative estimate of drug-likeness (QED) is 0.840. The summed E-state index contributed by atoms with van der Waals surface area (Å²) >= 11 is 0. The molecule has 0 saturated carbocycles. The molecular formula is C17H22O4. The van der Waals surface area contributed by atoms with Gasteiger partial charge < -0.3 is 19.7 Å². The zero-order valence-corrected chi connectivity index (χ0v) is 12.5. The molecule has 2 aliphatic rings. The highest BCUT2D eigenvalue weighted by atomic mass is 16.5. The minimum Gasteiger partial charge on any atom is -0.504 e. The van der Waals surface area contributed by atoms with Crippen molar-refractivity contribution in [3.63, 3.8) is 0 Å². The first-order valence-electron chi connectivity index (χ1n) is 7.34. The normalized spacial score (nSPS) is 31.7. The summed E-state index contributed by atoms with van der Waals surface area (Å²) in [5.41, 5.74) is 2.20. The molecule has 0 aromatic heterocycles. The number of ether oxygens (including phenoxy) is 2. The molecule has 0 radical (unpaired) electrons. The van der Waals surface area contributed by atoms with E-state index < -0.39 is 0 Å². The van der Waals surface area contributed by atoms with Gasteiger partial charge in [0.15, 0.2) is 11.5 Å². The third-order valence-corrected chi connectivity index (χ3v) is 4.90. The summed E-state index contributed by atoms with van der Waals surface area (Å²) in [6, 6.07) is 5.37. The van der Waals surface area contributed by atoms with Crippen molar-refractivity contribution in [2.75, 3.05) is 20.3 Å². The van der Waals surface area contributed by atoms with Crippen LogP contribution in [0, 0.1) is 11.3 Å². The smallest absolute Gasteiger partial charge is 0.160 e. The largest absolute Gasteiger partial charge is 0.504 e. The first-order valence-corrected chi connectivity index (χ1v) is 7.34. The number of allylic oxidation sites excluding steroid dienone is 1. The van der Waals surface area contributed by atoms with Gasteiger partial charge in [-0.1, -0.05) is 17.7 Å². The van der Waals surface area contributed by atoms with Crippen molar-refractivity contribution in [1.29, 1.82) is 0 Å². The van der Waals surface area contributed by atoms with Crippen LogP contribution < -0.4 is 4.74 Å². The predicted octanol–water partition coefficient (Wildman–Crippen LogP) is 2.81. The topological polar surface area (TPSA) is 58.9 Å². The summed E-state index contributed by atoms with van der Waals surface area (Å²) in [5, 5.41) is 19.4. The molecule has 0 amide bonds. The standard InChI is InChI=1S/C17H22O4/c1-11-5-6-17(9-18)8-13(11)16(21-10-17)12-3-4-14(19)15(7-12)20-2/h3-5,7,13,16,18-19H,6,8-10H2,1-2H3/t13-,16+,17-/m1/s1. The number of phenolic OH excluding ortho intramolecular Hbond substituents is 1. The molecule has 1 aromatic carbocycles. The van der Waals surface area contributed by atoms with E-state index in [1.807, 2.05) is 12.1 Å². The molecule has 1 heterocycles. The van der Waals surface area contributed by atoms with Crippen LogP contribution in [-0.4, -0.2) is 30.5 Å². The molecule has 4 heteroatoms. The van der Waals surface area contributed by atoms with Crippen molar-refractivity contribution >= 4 is 0 Å². The number of aliphatic hydroxyl groups excluding tert-OH is 1. The molecule has 0 unspecified atom stereocenters. The van der Waals surface area contributed by atoms with E-state index in [1.54, 1.807) is 13.2 Å². The Labute approximate surface area is 125 Å². The van der Waals surface area contributed by atoms with Crippen molar-refractivity contribution in [2.24, 2.45) is 11.3 Å². The van der Waals surface area contributed by atoms with Crippen LogP contribution in [0.3, 0.4) is 0 Å². The lowest BCUT2D eigenvalue weighted by atomic mass is 9.67. The van der Waals surface area contributed by atoms with E-state index in [4.69, 9.17) is 9.47 Å². The van der Waals surface area contributed by atoms with Gasteiger partial charge in [0.2, 0.25) is 0 Å². The Balaban J connectivity index is 1.93. The van der Waals surface area contributed by atoms with Crippen LogP contribution in [0.1, 0.15) is 31.4 Å². The summed E-state index contributed by atoms with van der Waals surface area (Å²) in [5.74, 6) is 0.874. The Kier molecular flexibility index (Phi) is 3.68. The van der Waals surface area contributed by atoms with Gasteiger partial charge >= 0.3 is 0 Å². The summed E-state index contributed by atoms with van der Waals surface area (Å²) < 4.78 is 11.3. The minimum absolute atomic E-state index is 0.0456. The Hall–Kier alpha value is -1.52. The van der Waals surface area contributed by atoms with E-state index in [2.05, 4.69) is 13.0 Å². The zero-order valence-electron chi connectivity index (χ0n) is 12.5. The molecule has 1 fully saturated rings. The second-order valence-electron chi connectivity index (χ2n) is 6.28. The van der Waals surface area contributed by atoms with E-state index in [0.717, 1.165) is 18.4 Å². The highest BCUT2D eigenvalue weighted by Crippen LogP contribution is 2.50. The van der Waals surface area contributed by atoms with Gasteiger partial charge in [-0.25, -0.2) is 0 Å². The highest BCUT2D eigenvalue weighted by molar-refractivity contribution is 5.43. The molecular weight excluding hydrogens is 268 g/mol. The lowest BCUT2D eigenvalue weighted by molar-refractivity contribution is -0.113. The van der Waals surface area contributed by atoms with E-state index in [9.17, 15) is 10.2 Å². The van der Waals surface area contributed by atoms with E-state index in [0.29, 0.717) is 12.4 Å². The molecule has 3 rings (SSSR count). The number of aromatic hydroxyl groups is 1. The molecule has 114 valence electrons. The number of benzene rings is 1. The number of hydrogen-bond donors (Lipinski definition) is 2. The van der Waals surface area contributed by atoms with Gasteiger partial charge in [-0.15, -0.1) is 0 Å². The second kappa shape index (κ2) is 5.35. The molecule has 1 aliphatic heterocycles. The van der Waals surface area contributed by atoms with Crippen LogP contribution in [0.4, 0.5) is 0 Å². The Morgan fingerprint density at radius 2 is 2.24 bits per heavy atom. The maximum atomic E-state index is 9.73. The van der Waals surface area contributed by atoms with Crippen molar-refractivity contribution < 1.29 is 19.7 Å². The molecule has 3 atom stereocenters. The number of rotatable bonds is 3. The van der Waals surface area contributed by atoms with Gasteiger partial charge in [0.25, 0.3) is 0 Å². The Morgan fingerprint density at radius 3 is 2.95 bits per heavy atom. The fourth-order valence-corrected chi connectivity index (χ4v) is 3.46. The third-order valence-electron chi connectivity index (χ3n) is 4.90. The second-order valence-corrected chi connectivity index (χ2v) is 6.28. The molecule has 2 bridgehead atoms. The van der Waals surface area contributed by atoms with Crippen molar-refractivity contribution in [1.82, 2.24) is 0 Å². The van der Waals surface area contributed by atoms with Gasteiger partial charge in [-0.3, -0.25) is 0 Å². The molecule has 1 saturated heterocycles. The number of aliphatic hydroxyl groups is 1. The lowest BCUT2D eigenvalue weighted by Crippen LogP contribution is -2.43. The maximum absolute atomic E-state index is 9.73. The monoisotopic (exact) mass is 290 g/mol. The van der Waals surface area contributed by atoms with Crippen LogP contribution in [-0.2, 0) is 4.74 Å². The maximum Gasteiger partial charge on any atom is 0.160 e. The van der Waals surface area contributed by atoms with Gasteiger partial charge in [-0.05, 0) is 37.5 Å². The highest BCUT2D eigenvalue weighted by Gasteiger charge is 2.44. The third kappa shape index (κ3) is 2.43. The molecule has 4 nitrogen and oxygen atoms in total. The fraction of sp³-hybridized carbons (Fsp3) is 0.529. The van der Waals surface area contributed by atoms with Crippen molar-refractivity contribution in [2.45, 2.75) is 25.9 Å². The zero-order chi connectivity index (χ0) is 15.0. The van der Waals surface area contributed by atoms with Crippen LogP contribution in [0.15, 0.2) is 29.8 Å². The molecule has 21 heavy (non-hydrogen) atoms. The predicted molar refractivity (Wildman–Crippen MR) is 79.4 cm³/mol. The van der Waals surface area contributed by atoms with Gasteiger partial charge in [0.05, 0.1) is 26.4 Å². The minimum atomic E-state index is -0.123. The van der Waals surface area contributed by atoms with E-state index in [-0.39, 0.29) is 29.8 Å². The van der Waals surface area contributed by atoms with Gasteiger partial charge in [-0.2, -0.15) is 0 Å². The average molecular weight is 290 g/mol. The summed E-state index contributed by atoms with van der Waals surface area (Å²) in [7, 11) is 1.54. The van der Waals surface area contributed by atoms with Crippen LogP contribution in [0.25, 0.3) is 0 Å². The molecule has 1 aliphatic carbocycles. The lowest BCUT2D eigenvalue weighted by Gasteiger charge is -2.47. The van der Waals surface area contributed by atoms with E-state index in [1.165, 1.54) is 5.57 Å². The average Bonchev–Trinajstić information content (AvgIpc) is 2.52. The Bertz CT molecular complexity index is 566. The number of phenols is 1. The summed E-state index contributed by atoms with van der Waals surface area (Å²) in [4.78, 5) is 0. The fourth-order valence-electron chi connectivity index (χ4n) is 3.46. The van der Waals surface area contributed by atoms with Crippen molar-refractivity contribution in [3.8, 4) is 11.5 Å². The van der Waals surface area contributed by atoms with Gasteiger partial charge in [0, 0.05) is 11.3 Å². The van der Waals surface area contributed by atoms with Gasteiger partial charge in [0.1, 0.15) is 0 Å². The number of hydrogen-bond acceptors (Lipinski definition) is 4. The molecule has 2 N–H and O–H groups in total. The summed E-state index contributed by atoms with van der Waals surface area (Å²) in [6.45, 7) is 2.86. The van der Waals surface area contributed by atoms with Crippen molar-refractivity contribution in [3.05, 3.63) is 35.4 Å². The Morgan fingerprint density at radius 1 is 1.43 bits per heavy atom. The molecule has 1 aromatic rings. The van der Waals surface area contributed by atoms with Crippen LogP contribution in [0.2, 0.25) is 0 Å².